The van der Waals surface area contributed by atoms with Crippen molar-refractivity contribution in [3.05, 3.63) is 22.2 Å². The third-order valence-corrected chi connectivity index (χ3v) is 2.82. The number of benzene rings is 1. The Balaban J connectivity index is 3.01. The molecule has 1 aromatic rings. The van der Waals surface area contributed by atoms with Gasteiger partial charge < -0.3 is 15.2 Å². The average molecular weight is 346 g/mol. The van der Waals surface area contributed by atoms with Gasteiger partial charge in [0.05, 0.1) is 19.4 Å². The van der Waals surface area contributed by atoms with Gasteiger partial charge in [-0.25, -0.2) is 0 Å². The molecule has 5 nitrogen and oxygen atoms in total. The van der Waals surface area contributed by atoms with Gasteiger partial charge in [-0.05, 0) is 54.1 Å². The van der Waals surface area contributed by atoms with Crippen LogP contribution in [-0.4, -0.2) is 24.5 Å². The molecule has 0 heterocycles. The summed E-state index contributed by atoms with van der Waals surface area (Å²) in [5, 5.41) is 4.03. The molecule has 0 aromatic heterocycles. The number of nitrogens with one attached hydrogen (secondary N) is 1. The molecule has 0 atom stereocenters. The van der Waals surface area contributed by atoms with Crippen molar-refractivity contribution in [1.82, 2.24) is 5.43 Å². The maximum absolute atomic E-state index is 5.53. The molecule has 0 unspecified atom stereocenters. The topological polar surface area (TPSA) is 68.9 Å². The first-order chi connectivity index (χ1) is 9.08. The second kappa shape index (κ2) is 7.96. The van der Waals surface area contributed by atoms with Crippen LogP contribution in [0.15, 0.2) is 21.7 Å². The van der Waals surface area contributed by atoms with Crippen molar-refractivity contribution < 1.29 is 9.47 Å². The van der Waals surface area contributed by atoms with Gasteiger partial charge in [0.1, 0.15) is 0 Å². The number of nitrogens with zero attached hydrogens (tertiary/aromatic N) is 1. The molecule has 19 heavy (non-hydrogen) atoms. The van der Waals surface area contributed by atoms with Crippen molar-refractivity contribution in [1.29, 1.82) is 0 Å². The molecule has 0 aliphatic rings. The predicted octanol–water partition coefficient (Wildman–Crippen LogP) is 2.41. The minimum atomic E-state index is 0.114. The van der Waals surface area contributed by atoms with Crippen molar-refractivity contribution in [2.75, 3.05) is 13.2 Å². The second-order valence-corrected chi connectivity index (χ2v) is 4.71. The molecule has 0 spiro atoms. The van der Waals surface area contributed by atoms with E-state index in [1.807, 2.05) is 26.0 Å². The van der Waals surface area contributed by atoms with Crippen molar-refractivity contribution >= 4 is 39.5 Å². The number of hydrogen-bond donors (Lipinski definition) is 2. The Kier molecular flexibility index (Phi) is 6.58. The van der Waals surface area contributed by atoms with Crippen molar-refractivity contribution in [2.24, 2.45) is 10.8 Å². The molecular formula is C12H16BrN3O2S. The molecular weight excluding hydrogens is 330 g/mol. The van der Waals surface area contributed by atoms with Gasteiger partial charge in [0, 0.05) is 10.0 Å². The van der Waals surface area contributed by atoms with Crippen LogP contribution in [0.1, 0.15) is 19.4 Å². The SMILES string of the molecule is CCOc1cc(Br)c(C=NNC(N)=S)cc1OCC. The maximum atomic E-state index is 5.53. The van der Waals surface area contributed by atoms with Gasteiger partial charge in [0.25, 0.3) is 0 Å². The van der Waals surface area contributed by atoms with Crippen LogP contribution in [0.5, 0.6) is 11.5 Å². The van der Waals surface area contributed by atoms with E-state index in [9.17, 15) is 0 Å². The quantitative estimate of drug-likeness (QED) is 0.470. The molecule has 3 N–H and O–H groups in total. The summed E-state index contributed by atoms with van der Waals surface area (Å²) in [5.41, 5.74) is 8.61. The highest BCUT2D eigenvalue weighted by molar-refractivity contribution is 9.10. The largest absolute Gasteiger partial charge is 0.490 e. The van der Waals surface area contributed by atoms with E-state index in [0.717, 1.165) is 10.0 Å². The number of hydrogen-bond acceptors (Lipinski definition) is 4. The molecule has 1 rings (SSSR count). The molecule has 0 bridgehead atoms. The maximum Gasteiger partial charge on any atom is 0.184 e. The molecule has 104 valence electrons. The lowest BCUT2D eigenvalue weighted by molar-refractivity contribution is 0.287. The Morgan fingerprint density at radius 2 is 1.95 bits per heavy atom. The fourth-order valence-electron chi connectivity index (χ4n) is 1.35. The minimum absolute atomic E-state index is 0.114. The summed E-state index contributed by atoms with van der Waals surface area (Å²) in [7, 11) is 0. The lowest BCUT2D eigenvalue weighted by atomic mass is 10.2. The van der Waals surface area contributed by atoms with E-state index in [-0.39, 0.29) is 5.11 Å². The Morgan fingerprint density at radius 1 is 1.37 bits per heavy atom. The summed E-state index contributed by atoms with van der Waals surface area (Å²) < 4.78 is 11.9. The number of thiocarbonyl (C=S) groups is 1. The normalized spacial score (nSPS) is 10.5. The lowest BCUT2D eigenvalue weighted by Crippen LogP contribution is -2.24. The highest BCUT2D eigenvalue weighted by atomic mass is 79.9. The standard InChI is InChI=1S/C12H16BrN3O2S/c1-3-17-10-5-8(7-15-16-12(14)19)9(13)6-11(10)18-4-2/h5-7H,3-4H2,1-2H3,(H3,14,16,19). The van der Waals surface area contributed by atoms with Crippen molar-refractivity contribution in [3.8, 4) is 11.5 Å². The predicted molar refractivity (Wildman–Crippen MR) is 84.0 cm³/mol. The Labute approximate surface area is 126 Å². The number of ether oxygens (including phenoxy) is 2. The van der Waals surface area contributed by atoms with Crippen LogP contribution in [0.25, 0.3) is 0 Å². The zero-order valence-corrected chi connectivity index (χ0v) is 13.2. The first-order valence-corrected chi connectivity index (χ1v) is 6.96. The summed E-state index contributed by atoms with van der Waals surface area (Å²) in [6.07, 6.45) is 1.60. The van der Waals surface area contributed by atoms with Gasteiger partial charge in [0.2, 0.25) is 0 Å². The molecule has 7 heteroatoms. The third kappa shape index (κ3) is 5.04. The Hall–Kier alpha value is -1.34. The molecule has 0 amide bonds. The molecule has 0 aliphatic carbocycles. The summed E-state index contributed by atoms with van der Waals surface area (Å²) in [5.74, 6) is 1.36. The van der Waals surface area contributed by atoms with Gasteiger partial charge in [-0.3, -0.25) is 5.43 Å². The van der Waals surface area contributed by atoms with Gasteiger partial charge in [-0.15, -0.1) is 0 Å². The first-order valence-electron chi connectivity index (χ1n) is 5.76. The van der Waals surface area contributed by atoms with Crippen LogP contribution in [0.2, 0.25) is 0 Å². The minimum Gasteiger partial charge on any atom is -0.490 e. The third-order valence-electron chi connectivity index (χ3n) is 2.04. The van der Waals surface area contributed by atoms with Crippen LogP contribution in [0.4, 0.5) is 0 Å². The van der Waals surface area contributed by atoms with Crippen LogP contribution < -0.4 is 20.6 Å². The van der Waals surface area contributed by atoms with Gasteiger partial charge in [-0.1, -0.05) is 0 Å². The summed E-state index contributed by atoms with van der Waals surface area (Å²) in [4.78, 5) is 0. The molecule has 0 saturated carbocycles. The monoisotopic (exact) mass is 345 g/mol. The summed E-state index contributed by atoms with van der Waals surface area (Å²) in [6.45, 7) is 4.97. The van der Waals surface area contributed by atoms with Crippen LogP contribution in [0, 0.1) is 0 Å². The van der Waals surface area contributed by atoms with Crippen LogP contribution in [-0.2, 0) is 0 Å². The van der Waals surface area contributed by atoms with E-state index in [1.54, 1.807) is 6.21 Å². The van der Waals surface area contributed by atoms with Crippen LogP contribution in [0.3, 0.4) is 0 Å². The summed E-state index contributed by atoms with van der Waals surface area (Å²) in [6, 6.07) is 3.68. The number of rotatable bonds is 6. The zero-order chi connectivity index (χ0) is 14.3. The Morgan fingerprint density at radius 3 is 2.47 bits per heavy atom. The highest BCUT2D eigenvalue weighted by Crippen LogP contribution is 2.33. The van der Waals surface area contributed by atoms with Gasteiger partial charge >= 0.3 is 0 Å². The Bertz CT molecular complexity index is 480. The highest BCUT2D eigenvalue weighted by Gasteiger charge is 2.09. The average Bonchev–Trinajstić information content (AvgIpc) is 2.34. The summed E-state index contributed by atoms with van der Waals surface area (Å²) >= 11 is 8.11. The number of nitrogens with two attached hydrogens (primary N) is 1. The molecule has 1 aromatic carbocycles. The van der Waals surface area contributed by atoms with E-state index >= 15 is 0 Å². The van der Waals surface area contributed by atoms with Crippen molar-refractivity contribution in [3.63, 3.8) is 0 Å². The van der Waals surface area contributed by atoms with E-state index in [2.05, 4.69) is 38.7 Å². The van der Waals surface area contributed by atoms with Gasteiger partial charge in [-0.2, -0.15) is 5.10 Å². The fourth-order valence-corrected chi connectivity index (χ4v) is 1.83. The number of halogens is 1. The molecule has 0 radical (unpaired) electrons. The molecule has 0 aliphatic heterocycles. The van der Waals surface area contributed by atoms with E-state index in [1.165, 1.54) is 0 Å². The lowest BCUT2D eigenvalue weighted by Gasteiger charge is -2.12. The van der Waals surface area contributed by atoms with E-state index < -0.39 is 0 Å². The van der Waals surface area contributed by atoms with E-state index in [4.69, 9.17) is 15.2 Å². The van der Waals surface area contributed by atoms with Crippen LogP contribution >= 0.6 is 28.1 Å². The van der Waals surface area contributed by atoms with Gasteiger partial charge in [0.15, 0.2) is 16.6 Å². The first kappa shape index (κ1) is 15.7. The fraction of sp³-hybridized carbons (Fsp3) is 0.333. The second-order valence-electron chi connectivity index (χ2n) is 3.42. The number of hydrazone groups is 1. The molecule has 0 fully saturated rings. The van der Waals surface area contributed by atoms with E-state index in [0.29, 0.717) is 24.7 Å². The van der Waals surface area contributed by atoms with Crippen molar-refractivity contribution in [2.45, 2.75) is 13.8 Å². The zero-order valence-electron chi connectivity index (χ0n) is 10.8. The molecule has 0 saturated heterocycles. The smallest absolute Gasteiger partial charge is 0.184 e.